The van der Waals surface area contributed by atoms with Gasteiger partial charge < -0.3 is 10.4 Å². The Morgan fingerprint density at radius 3 is 2.62 bits per heavy atom. The standard InChI is InChI=1S/C14H27NO/c1-11-4-3-5-13(12(11)2)15-10-14(6-7-14)8-9-16/h11-13,15-16H,3-10H2,1-2H3. The van der Waals surface area contributed by atoms with Gasteiger partial charge in [0.2, 0.25) is 0 Å². The van der Waals surface area contributed by atoms with E-state index in [9.17, 15) is 0 Å². The molecule has 0 aromatic heterocycles. The summed E-state index contributed by atoms with van der Waals surface area (Å²) >= 11 is 0. The van der Waals surface area contributed by atoms with E-state index in [0.717, 1.165) is 30.8 Å². The minimum Gasteiger partial charge on any atom is -0.396 e. The van der Waals surface area contributed by atoms with Crippen molar-refractivity contribution in [3.63, 3.8) is 0 Å². The highest BCUT2D eigenvalue weighted by atomic mass is 16.3. The van der Waals surface area contributed by atoms with Crippen LogP contribution in [0.25, 0.3) is 0 Å². The lowest BCUT2D eigenvalue weighted by Gasteiger charge is -2.35. The number of rotatable bonds is 5. The molecule has 2 nitrogen and oxygen atoms in total. The summed E-state index contributed by atoms with van der Waals surface area (Å²) in [5.74, 6) is 1.69. The van der Waals surface area contributed by atoms with Crippen molar-refractivity contribution in [1.82, 2.24) is 5.32 Å². The van der Waals surface area contributed by atoms with E-state index in [1.807, 2.05) is 0 Å². The summed E-state index contributed by atoms with van der Waals surface area (Å²) in [4.78, 5) is 0. The number of nitrogens with one attached hydrogen (secondary N) is 1. The van der Waals surface area contributed by atoms with E-state index in [1.54, 1.807) is 0 Å². The molecule has 0 spiro atoms. The Bertz CT molecular complexity index is 225. The van der Waals surface area contributed by atoms with Crippen LogP contribution in [0.2, 0.25) is 0 Å². The van der Waals surface area contributed by atoms with Crippen LogP contribution < -0.4 is 5.32 Å². The van der Waals surface area contributed by atoms with Crippen molar-refractivity contribution in [1.29, 1.82) is 0 Å². The molecule has 2 heteroatoms. The number of aliphatic hydroxyl groups is 1. The SMILES string of the molecule is CC1CCCC(NCC2(CCO)CC2)C1C. The normalized spacial score (nSPS) is 37.3. The third-order valence-electron chi connectivity index (χ3n) is 5.05. The van der Waals surface area contributed by atoms with Gasteiger partial charge in [0.15, 0.2) is 0 Å². The fraction of sp³-hybridized carbons (Fsp3) is 1.00. The monoisotopic (exact) mass is 225 g/mol. The fourth-order valence-corrected chi connectivity index (χ4v) is 3.15. The van der Waals surface area contributed by atoms with Gasteiger partial charge >= 0.3 is 0 Å². The Morgan fingerprint density at radius 1 is 1.25 bits per heavy atom. The number of hydrogen-bond acceptors (Lipinski definition) is 2. The van der Waals surface area contributed by atoms with Gasteiger partial charge in [0.05, 0.1) is 0 Å². The van der Waals surface area contributed by atoms with Gasteiger partial charge in [-0.3, -0.25) is 0 Å². The molecule has 16 heavy (non-hydrogen) atoms. The Labute approximate surface area is 99.8 Å². The van der Waals surface area contributed by atoms with E-state index in [2.05, 4.69) is 19.2 Å². The van der Waals surface area contributed by atoms with Crippen LogP contribution in [0.4, 0.5) is 0 Å². The van der Waals surface area contributed by atoms with Gasteiger partial charge in [-0.2, -0.15) is 0 Å². The Morgan fingerprint density at radius 2 is 2.00 bits per heavy atom. The second-order valence-corrected chi connectivity index (χ2v) is 6.23. The molecule has 94 valence electrons. The number of aliphatic hydroxyl groups excluding tert-OH is 1. The molecule has 0 aromatic carbocycles. The van der Waals surface area contributed by atoms with Gasteiger partial charge in [-0.25, -0.2) is 0 Å². The van der Waals surface area contributed by atoms with Crippen molar-refractivity contribution in [3.05, 3.63) is 0 Å². The molecule has 2 aliphatic carbocycles. The lowest BCUT2D eigenvalue weighted by molar-refractivity contribution is 0.188. The van der Waals surface area contributed by atoms with E-state index in [-0.39, 0.29) is 0 Å². The first-order valence-electron chi connectivity index (χ1n) is 7.01. The first-order chi connectivity index (χ1) is 7.67. The van der Waals surface area contributed by atoms with Crippen molar-refractivity contribution in [2.75, 3.05) is 13.2 Å². The summed E-state index contributed by atoms with van der Waals surface area (Å²) < 4.78 is 0. The molecule has 0 heterocycles. The minimum absolute atomic E-state index is 0.359. The molecule has 0 radical (unpaired) electrons. The first-order valence-corrected chi connectivity index (χ1v) is 7.01. The Balaban J connectivity index is 1.76. The maximum absolute atomic E-state index is 9.05. The quantitative estimate of drug-likeness (QED) is 0.753. The predicted octanol–water partition coefficient (Wildman–Crippen LogP) is 2.56. The molecule has 3 unspecified atom stereocenters. The Hall–Kier alpha value is -0.0800. The molecular formula is C14H27NO. The summed E-state index contributed by atoms with van der Waals surface area (Å²) in [6.07, 6.45) is 7.77. The highest BCUT2D eigenvalue weighted by Gasteiger charge is 2.42. The zero-order chi connectivity index (χ0) is 11.6. The molecular weight excluding hydrogens is 198 g/mol. The predicted molar refractivity (Wildman–Crippen MR) is 67.3 cm³/mol. The highest BCUT2D eigenvalue weighted by Crippen LogP contribution is 2.48. The zero-order valence-corrected chi connectivity index (χ0v) is 10.8. The van der Waals surface area contributed by atoms with E-state index >= 15 is 0 Å². The minimum atomic E-state index is 0.359. The maximum atomic E-state index is 9.05. The van der Waals surface area contributed by atoms with Gasteiger partial charge in [-0.05, 0) is 42.9 Å². The van der Waals surface area contributed by atoms with E-state index < -0.39 is 0 Å². The summed E-state index contributed by atoms with van der Waals surface area (Å²) in [5.41, 5.74) is 0.467. The molecule has 0 aliphatic heterocycles. The van der Waals surface area contributed by atoms with Crippen LogP contribution in [0.5, 0.6) is 0 Å². The van der Waals surface area contributed by atoms with Gasteiger partial charge in [0, 0.05) is 19.2 Å². The molecule has 3 atom stereocenters. The van der Waals surface area contributed by atoms with Crippen LogP contribution >= 0.6 is 0 Å². The fourth-order valence-electron chi connectivity index (χ4n) is 3.15. The van der Waals surface area contributed by atoms with E-state index in [4.69, 9.17) is 5.11 Å². The summed E-state index contributed by atoms with van der Waals surface area (Å²) in [7, 11) is 0. The maximum Gasteiger partial charge on any atom is 0.0436 e. The second-order valence-electron chi connectivity index (χ2n) is 6.23. The molecule has 0 aromatic rings. The lowest BCUT2D eigenvalue weighted by atomic mass is 9.78. The van der Waals surface area contributed by atoms with Crippen LogP contribution in [0.3, 0.4) is 0 Å². The largest absolute Gasteiger partial charge is 0.396 e. The van der Waals surface area contributed by atoms with E-state index in [1.165, 1.54) is 32.1 Å². The van der Waals surface area contributed by atoms with Crippen LogP contribution in [0.15, 0.2) is 0 Å². The number of hydrogen-bond donors (Lipinski definition) is 2. The molecule has 2 N–H and O–H groups in total. The van der Waals surface area contributed by atoms with Gasteiger partial charge in [-0.1, -0.05) is 26.7 Å². The molecule has 0 amide bonds. The van der Waals surface area contributed by atoms with Crippen LogP contribution in [0, 0.1) is 17.3 Å². The topological polar surface area (TPSA) is 32.3 Å². The average molecular weight is 225 g/mol. The van der Waals surface area contributed by atoms with E-state index in [0.29, 0.717) is 12.0 Å². The third-order valence-corrected chi connectivity index (χ3v) is 5.05. The van der Waals surface area contributed by atoms with Crippen molar-refractivity contribution in [2.45, 2.75) is 58.4 Å². The third kappa shape index (κ3) is 2.78. The van der Waals surface area contributed by atoms with Crippen molar-refractivity contribution >= 4 is 0 Å². The lowest BCUT2D eigenvalue weighted by Crippen LogP contribution is -2.43. The van der Waals surface area contributed by atoms with Crippen LogP contribution in [-0.4, -0.2) is 24.3 Å². The Kier molecular flexibility index (Phi) is 3.91. The summed E-state index contributed by atoms with van der Waals surface area (Å²) in [6, 6.07) is 0.722. The smallest absolute Gasteiger partial charge is 0.0436 e. The highest BCUT2D eigenvalue weighted by molar-refractivity contribution is 4.96. The molecule has 2 rings (SSSR count). The zero-order valence-electron chi connectivity index (χ0n) is 10.8. The second kappa shape index (κ2) is 5.05. The first kappa shape index (κ1) is 12.4. The van der Waals surface area contributed by atoms with Crippen molar-refractivity contribution in [3.8, 4) is 0 Å². The van der Waals surface area contributed by atoms with Crippen LogP contribution in [-0.2, 0) is 0 Å². The molecule has 0 saturated heterocycles. The van der Waals surface area contributed by atoms with Crippen LogP contribution in [0.1, 0.15) is 52.4 Å². The molecule has 2 fully saturated rings. The summed E-state index contributed by atoms with van der Waals surface area (Å²) in [6.45, 7) is 6.28. The average Bonchev–Trinajstić information content (AvgIpc) is 3.02. The molecule has 2 aliphatic rings. The van der Waals surface area contributed by atoms with Gasteiger partial charge in [-0.15, -0.1) is 0 Å². The van der Waals surface area contributed by atoms with Crippen molar-refractivity contribution in [2.24, 2.45) is 17.3 Å². The van der Waals surface area contributed by atoms with Gasteiger partial charge in [0.1, 0.15) is 0 Å². The molecule has 2 saturated carbocycles. The summed E-state index contributed by atoms with van der Waals surface area (Å²) in [5, 5.41) is 12.8. The van der Waals surface area contributed by atoms with Gasteiger partial charge in [0.25, 0.3) is 0 Å². The molecule has 0 bridgehead atoms. The van der Waals surface area contributed by atoms with Crippen molar-refractivity contribution < 1.29 is 5.11 Å².